The molecule has 1 amide bonds. The van der Waals surface area contributed by atoms with Crippen LogP contribution >= 0.6 is 11.6 Å². The molecule has 2 rings (SSSR count). The summed E-state index contributed by atoms with van der Waals surface area (Å²) in [5, 5.41) is 3.96. The molecule has 1 atom stereocenters. The van der Waals surface area contributed by atoms with E-state index in [9.17, 15) is 9.18 Å². The first kappa shape index (κ1) is 15.3. The van der Waals surface area contributed by atoms with Gasteiger partial charge in [-0.05, 0) is 37.5 Å². The van der Waals surface area contributed by atoms with Gasteiger partial charge in [0.15, 0.2) is 0 Å². The lowest BCUT2D eigenvalue weighted by Crippen LogP contribution is -2.44. The minimum absolute atomic E-state index is 0.0666. The highest BCUT2D eigenvalue weighted by Gasteiger charge is 2.22. The van der Waals surface area contributed by atoms with Crippen molar-refractivity contribution in [3.63, 3.8) is 0 Å². The van der Waals surface area contributed by atoms with Crippen LogP contribution in [-0.2, 0) is 4.79 Å². The van der Waals surface area contributed by atoms with E-state index in [1.54, 1.807) is 13.0 Å². The second-order valence-corrected chi connectivity index (χ2v) is 5.74. The molecule has 1 saturated heterocycles. The molecule has 1 aliphatic heterocycles. The van der Waals surface area contributed by atoms with Crippen molar-refractivity contribution in [2.45, 2.75) is 38.8 Å². The Labute approximate surface area is 124 Å². The van der Waals surface area contributed by atoms with Crippen LogP contribution in [0.15, 0.2) is 18.2 Å². The third-order valence-electron chi connectivity index (χ3n) is 3.85. The van der Waals surface area contributed by atoms with Gasteiger partial charge in [0, 0.05) is 37.1 Å². The van der Waals surface area contributed by atoms with Crippen LogP contribution in [0.25, 0.3) is 0 Å². The van der Waals surface area contributed by atoms with Crippen LogP contribution in [0.2, 0.25) is 5.02 Å². The van der Waals surface area contributed by atoms with E-state index >= 15 is 0 Å². The van der Waals surface area contributed by atoms with Crippen molar-refractivity contribution in [2.24, 2.45) is 0 Å². The van der Waals surface area contributed by atoms with Gasteiger partial charge in [0.05, 0.1) is 0 Å². The minimum atomic E-state index is -0.319. The zero-order chi connectivity index (χ0) is 14.7. The predicted octanol–water partition coefficient (Wildman–Crippen LogP) is 3.14. The Hall–Kier alpha value is -1.13. The standard InChI is InChI=1S/C15H20ClFN2O/c1-10(14-4-3-12(17)9-15(14)16)18-13-5-7-19(8-6-13)11(2)20/h3-4,9-10,13,18H,5-8H2,1-2H3/t10-/m1/s1. The lowest BCUT2D eigenvalue weighted by Gasteiger charge is -2.33. The molecule has 110 valence electrons. The monoisotopic (exact) mass is 298 g/mol. The molecule has 1 N–H and O–H groups in total. The molecule has 1 heterocycles. The maximum absolute atomic E-state index is 13.0. The number of halogens is 2. The highest BCUT2D eigenvalue weighted by atomic mass is 35.5. The second-order valence-electron chi connectivity index (χ2n) is 5.33. The molecule has 0 spiro atoms. The third-order valence-corrected chi connectivity index (χ3v) is 4.18. The van der Waals surface area contributed by atoms with Crippen LogP contribution < -0.4 is 5.32 Å². The lowest BCUT2D eigenvalue weighted by molar-refractivity contribution is -0.129. The summed E-state index contributed by atoms with van der Waals surface area (Å²) in [6.45, 7) is 5.21. The molecule has 1 aromatic carbocycles. The summed E-state index contributed by atoms with van der Waals surface area (Å²) < 4.78 is 13.0. The summed E-state index contributed by atoms with van der Waals surface area (Å²) in [4.78, 5) is 13.1. The van der Waals surface area contributed by atoms with Crippen LogP contribution in [0.4, 0.5) is 4.39 Å². The first-order valence-electron chi connectivity index (χ1n) is 6.94. The van der Waals surface area contributed by atoms with Gasteiger partial charge < -0.3 is 10.2 Å². The van der Waals surface area contributed by atoms with Crippen LogP contribution in [0, 0.1) is 5.82 Å². The van der Waals surface area contributed by atoms with E-state index in [1.165, 1.54) is 12.1 Å². The number of benzene rings is 1. The molecule has 5 heteroatoms. The van der Waals surface area contributed by atoms with Crippen molar-refractivity contribution in [3.8, 4) is 0 Å². The van der Waals surface area contributed by atoms with E-state index in [4.69, 9.17) is 11.6 Å². The van der Waals surface area contributed by atoms with Gasteiger partial charge in [0.1, 0.15) is 5.82 Å². The van der Waals surface area contributed by atoms with Crippen molar-refractivity contribution in [1.29, 1.82) is 0 Å². The summed E-state index contributed by atoms with van der Waals surface area (Å²) in [7, 11) is 0. The number of nitrogens with one attached hydrogen (secondary N) is 1. The molecule has 3 nitrogen and oxygen atoms in total. The molecule has 0 aromatic heterocycles. The van der Waals surface area contributed by atoms with Crippen molar-refractivity contribution in [1.82, 2.24) is 10.2 Å². The van der Waals surface area contributed by atoms with Crippen molar-refractivity contribution in [3.05, 3.63) is 34.6 Å². The summed E-state index contributed by atoms with van der Waals surface area (Å²) in [5.74, 6) is -0.182. The molecule has 0 aliphatic carbocycles. The lowest BCUT2D eigenvalue weighted by atomic mass is 10.0. The van der Waals surface area contributed by atoms with Crippen molar-refractivity contribution < 1.29 is 9.18 Å². The van der Waals surface area contributed by atoms with Gasteiger partial charge in [-0.15, -0.1) is 0 Å². The molecule has 1 fully saturated rings. The topological polar surface area (TPSA) is 32.3 Å². The van der Waals surface area contributed by atoms with Gasteiger partial charge in [0.25, 0.3) is 0 Å². The minimum Gasteiger partial charge on any atom is -0.343 e. The van der Waals surface area contributed by atoms with E-state index in [-0.39, 0.29) is 17.8 Å². The largest absolute Gasteiger partial charge is 0.343 e. The highest BCUT2D eigenvalue weighted by Crippen LogP contribution is 2.25. The highest BCUT2D eigenvalue weighted by molar-refractivity contribution is 6.31. The Kier molecular flexibility index (Phi) is 5.00. The molecule has 1 aliphatic rings. The molecular weight excluding hydrogens is 279 g/mol. The Morgan fingerprint density at radius 2 is 2.10 bits per heavy atom. The number of piperidine rings is 1. The van der Waals surface area contributed by atoms with Gasteiger partial charge in [-0.1, -0.05) is 17.7 Å². The van der Waals surface area contributed by atoms with Gasteiger partial charge in [-0.3, -0.25) is 4.79 Å². The van der Waals surface area contributed by atoms with Gasteiger partial charge >= 0.3 is 0 Å². The molecule has 0 saturated carbocycles. The fourth-order valence-corrected chi connectivity index (χ4v) is 2.99. The number of likely N-dealkylation sites (tertiary alicyclic amines) is 1. The number of hydrogen-bond acceptors (Lipinski definition) is 2. The van der Waals surface area contributed by atoms with E-state index in [2.05, 4.69) is 5.32 Å². The average molecular weight is 299 g/mol. The summed E-state index contributed by atoms with van der Waals surface area (Å²) in [6.07, 6.45) is 1.87. The van der Waals surface area contributed by atoms with E-state index in [0.29, 0.717) is 11.1 Å². The Balaban J connectivity index is 1.92. The van der Waals surface area contributed by atoms with Gasteiger partial charge in [0.2, 0.25) is 5.91 Å². The number of amides is 1. The van der Waals surface area contributed by atoms with Gasteiger partial charge in [-0.25, -0.2) is 4.39 Å². The average Bonchev–Trinajstić information content (AvgIpc) is 2.39. The Morgan fingerprint density at radius 1 is 1.45 bits per heavy atom. The van der Waals surface area contributed by atoms with Crippen LogP contribution in [0.1, 0.15) is 38.3 Å². The van der Waals surface area contributed by atoms with E-state index in [1.807, 2.05) is 11.8 Å². The van der Waals surface area contributed by atoms with Crippen molar-refractivity contribution in [2.75, 3.05) is 13.1 Å². The maximum atomic E-state index is 13.0. The first-order valence-corrected chi connectivity index (χ1v) is 7.31. The van der Waals surface area contributed by atoms with Gasteiger partial charge in [-0.2, -0.15) is 0 Å². The predicted molar refractivity (Wildman–Crippen MR) is 78.2 cm³/mol. The fourth-order valence-electron chi connectivity index (χ4n) is 2.66. The fraction of sp³-hybridized carbons (Fsp3) is 0.533. The summed E-state index contributed by atoms with van der Waals surface area (Å²) >= 11 is 6.07. The molecule has 20 heavy (non-hydrogen) atoms. The SMILES string of the molecule is CC(=O)N1CCC(N[C@H](C)c2ccc(F)cc2Cl)CC1. The molecule has 1 aromatic rings. The molecule has 0 bridgehead atoms. The smallest absolute Gasteiger partial charge is 0.219 e. The number of carbonyl (C=O) groups excluding carboxylic acids is 1. The maximum Gasteiger partial charge on any atom is 0.219 e. The van der Waals surface area contributed by atoms with Crippen LogP contribution in [0.3, 0.4) is 0 Å². The Morgan fingerprint density at radius 3 is 2.65 bits per heavy atom. The summed E-state index contributed by atoms with van der Waals surface area (Å²) in [5.41, 5.74) is 0.905. The summed E-state index contributed by atoms with van der Waals surface area (Å²) in [6, 6.07) is 4.92. The van der Waals surface area contributed by atoms with E-state index < -0.39 is 0 Å². The Bertz CT molecular complexity index is 487. The third kappa shape index (κ3) is 3.70. The zero-order valence-corrected chi connectivity index (χ0v) is 12.6. The number of hydrogen-bond donors (Lipinski definition) is 1. The van der Waals surface area contributed by atoms with E-state index in [0.717, 1.165) is 31.5 Å². The number of rotatable bonds is 3. The molecular formula is C15H20ClFN2O. The molecule has 0 unspecified atom stereocenters. The second kappa shape index (κ2) is 6.55. The van der Waals surface area contributed by atoms with Crippen LogP contribution in [0.5, 0.6) is 0 Å². The zero-order valence-electron chi connectivity index (χ0n) is 11.8. The normalized spacial score (nSPS) is 18.1. The number of nitrogens with zero attached hydrogens (tertiary/aromatic N) is 1. The first-order chi connectivity index (χ1) is 9.47. The molecule has 0 radical (unpaired) electrons. The number of carbonyl (C=O) groups is 1. The quantitative estimate of drug-likeness (QED) is 0.930. The van der Waals surface area contributed by atoms with Crippen LogP contribution in [-0.4, -0.2) is 29.9 Å². The van der Waals surface area contributed by atoms with Crippen molar-refractivity contribution >= 4 is 17.5 Å².